The molecule has 25 heavy (non-hydrogen) atoms. The van der Waals surface area contributed by atoms with Gasteiger partial charge in [-0.05, 0) is 31.1 Å². The maximum atomic E-state index is 13.3. The van der Waals surface area contributed by atoms with Gasteiger partial charge in [0, 0.05) is 24.9 Å². The van der Waals surface area contributed by atoms with Crippen molar-refractivity contribution < 1.29 is 8.81 Å². The van der Waals surface area contributed by atoms with Crippen molar-refractivity contribution in [3.8, 4) is 11.4 Å². The Balaban J connectivity index is 1.79. The first-order valence-corrected chi connectivity index (χ1v) is 8.33. The van der Waals surface area contributed by atoms with Gasteiger partial charge in [-0.1, -0.05) is 13.0 Å². The van der Waals surface area contributed by atoms with Crippen LogP contribution in [0.5, 0.6) is 0 Å². The third-order valence-electron chi connectivity index (χ3n) is 4.13. The first-order valence-electron chi connectivity index (χ1n) is 8.33. The molecule has 0 amide bonds. The summed E-state index contributed by atoms with van der Waals surface area (Å²) in [6.07, 6.45) is 11.5. The van der Waals surface area contributed by atoms with Crippen molar-refractivity contribution in [3.05, 3.63) is 54.5 Å². The molecule has 1 unspecified atom stereocenters. The second kappa shape index (κ2) is 6.51. The summed E-state index contributed by atoms with van der Waals surface area (Å²) in [5, 5.41) is 3.19. The van der Waals surface area contributed by atoms with E-state index in [1.165, 1.54) is 6.08 Å². The zero-order chi connectivity index (χ0) is 17.2. The highest BCUT2D eigenvalue weighted by molar-refractivity contribution is 5.64. The molecule has 128 valence electrons. The van der Waals surface area contributed by atoms with Crippen LogP contribution in [0.3, 0.4) is 0 Å². The zero-order valence-electron chi connectivity index (χ0n) is 13.8. The molecule has 0 aromatic carbocycles. The molecule has 4 rings (SSSR count). The number of rotatable bonds is 5. The number of halogens is 1. The van der Waals surface area contributed by atoms with E-state index in [4.69, 9.17) is 4.42 Å². The number of hydrogen-bond donors (Lipinski definition) is 1. The number of fused-ring (bicyclic) bond motifs is 1. The number of oxazole rings is 1. The van der Waals surface area contributed by atoms with Crippen LogP contribution in [0.25, 0.3) is 17.2 Å². The monoisotopic (exact) mass is 339 g/mol. The molecular formula is C18H18FN5O. The van der Waals surface area contributed by atoms with Crippen LogP contribution >= 0.6 is 0 Å². The van der Waals surface area contributed by atoms with Crippen LogP contribution in [-0.4, -0.2) is 25.9 Å². The summed E-state index contributed by atoms with van der Waals surface area (Å²) in [4.78, 5) is 13.5. The number of anilines is 1. The minimum absolute atomic E-state index is 0.0217. The lowest BCUT2D eigenvalue weighted by Gasteiger charge is -2.13. The molecule has 1 aliphatic rings. The van der Waals surface area contributed by atoms with Crippen molar-refractivity contribution >= 4 is 11.8 Å². The summed E-state index contributed by atoms with van der Waals surface area (Å²) in [7, 11) is 0. The van der Waals surface area contributed by atoms with E-state index in [-0.39, 0.29) is 11.7 Å². The molecule has 6 nitrogen and oxygen atoms in total. The van der Waals surface area contributed by atoms with Gasteiger partial charge in [-0.15, -0.1) is 0 Å². The summed E-state index contributed by atoms with van der Waals surface area (Å²) < 4.78 is 20.6. The Morgan fingerprint density at radius 2 is 2.32 bits per heavy atom. The molecule has 0 aliphatic heterocycles. The fourth-order valence-corrected chi connectivity index (χ4v) is 2.93. The highest BCUT2D eigenvalue weighted by Crippen LogP contribution is 2.34. The number of allylic oxidation sites excluding steroid dienone is 4. The minimum Gasteiger partial charge on any atom is -0.432 e. The highest BCUT2D eigenvalue weighted by Gasteiger charge is 2.24. The van der Waals surface area contributed by atoms with E-state index >= 15 is 0 Å². The second-order valence-electron chi connectivity index (χ2n) is 5.88. The Labute approximate surface area is 144 Å². The predicted octanol–water partition coefficient (Wildman–Crippen LogP) is 4.10. The van der Waals surface area contributed by atoms with Crippen LogP contribution in [0.1, 0.15) is 31.4 Å². The molecular weight excluding hydrogens is 321 g/mol. The topological polar surface area (TPSA) is 68.2 Å². The molecule has 1 aliphatic carbocycles. The van der Waals surface area contributed by atoms with Crippen LogP contribution < -0.4 is 5.32 Å². The Kier molecular flexibility index (Phi) is 4.05. The SMILES string of the molecule is CCCNc1nccc(-c2c(C3C=CC(F)=CC3)nc3occn23)n1. The molecule has 3 aromatic rings. The molecule has 0 radical (unpaired) electrons. The summed E-state index contributed by atoms with van der Waals surface area (Å²) >= 11 is 0. The first kappa shape index (κ1) is 15.6. The average molecular weight is 339 g/mol. The van der Waals surface area contributed by atoms with E-state index in [1.54, 1.807) is 18.5 Å². The van der Waals surface area contributed by atoms with Crippen molar-refractivity contribution in [1.82, 2.24) is 19.4 Å². The molecule has 3 heterocycles. The van der Waals surface area contributed by atoms with Crippen molar-refractivity contribution in [2.45, 2.75) is 25.7 Å². The Morgan fingerprint density at radius 1 is 1.40 bits per heavy atom. The Morgan fingerprint density at radius 3 is 3.12 bits per heavy atom. The fraction of sp³-hybridized carbons (Fsp3) is 0.278. The van der Waals surface area contributed by atoms with Crippen LogP contribution in [0.15, 0.2) is 53.2 Å². The van der Waals surface area contributed by atoms with Crippen LogP contribution in [0, 0.1) is 0 Å². The summed E-state index contributed by atoms with van der Waals surface area (Å²) in [5.41, 5.74) is 2.41. The first-order chi connectivity index (χ1) is 12.3. The summed E-state index contributed by atoms with van der Waals surface area (Å²) in [6.45, 7) is 2.89. The van der Waals surface area contributed by atoms with E-state index in [2.05, 4.69) is 27.2 Å². The molecule has 7 heteroatoms. The highest BCUT2D eigenvalue weighted by atomic mass is 19.1. The zero-order valence-corrected chi connectivity index (χ0v) is 13.8. The van der Waals surface area contributed by atoms with E-state index in [9.17, 15) is 4.39 Å². The number of nitrogens with one attached hydrogen (secondary N) is 1. The summed E-state index contributed by atoms with van der Waals surface area (Å²) in [5.74, 6) is 0.837. The van der Waals surface area contributed by atoms with Gasteiger partial charge in [0.2, 0.25) is 5.95 Å². The third-order valence-corrected chi connectivity index (χ3v) is 4.13. The van der Waals surface area contributed by atoms with Crippen molar-refractivity contribution in [2.24, 2.45) is 0 Å². The van der Waals surface area contributed by atoms with E-state index in [0.717, 1.165) is 30.0 Å². The second-order valence-corrected chi connectivity index (χ2v) is 5.88. The number of hydrogen-bond acceptors (Lipinski definition) is 5. The normalized spacial score (nSPS) is 17.0. The van der Waals surface area contributed by atoms with Crippen LogP contribution in [0.4, 0.5) is 10.3 Å². The molecule has 0 fully saturated rings. The van der Waals surface area contributed by atoms with Crippen LogP contribution in [0.2, 0.25) is 0 Å². The lowest BCUT2D eigenvalue weighted by Crippen LogP contribution is -2.06. The van der Waals surface area contributed by atoms with Gasteiger partial charge in [-0.2, -0.15) is 4.98 Å². The molecule has 0 saturated carbocycles. The number of nitrogens with zero attached hydrogens (tertiary/aromatic N) is 4. The molecule has 1 atom stereocenters. The Bertz CT molecular complexity index is 955. The van der Waals surface area contributed by atoms with Crippen LogP contribution in [-0.2, 0) is 0 Å². The molecule has 0 spiro atoms. The van der Waals surface area contributed by atoms with E-state index in [0.29, 0.717) is 18.2 Å². The summed E-state index contributed by atoms with van der Waals surface area (Å²) in [6, 6.07) is 1.85. The van der Waals surface area contributed by atoms with Crippen molar-refractivity contribution in [3.63, 3.8) is 0 Å². The van der Waals surface area contributed by atoms with Gasteiger partial charge < -0.3 is 9.73 Å². The fourth-order valence-electron chi connectivity index (χ4n) is 2.93. The lowest BCUT2D eigenvalue weighted by atomic mass is 9.94. The molecule has 0 bridgehead atoms. The maximum Gasteiger partial charge on any atom is 0.306 e. The molecule has 3 aromatic heterocycles. The van der Waals surface area contributed by atoms with Gasteiger partial charge in [0.1, 0.15) is 12.1 Å². The Hall–Kier alpha value is -2.96. The van der Waals surface area contributed by atoms with Gasteiger partial charge in [-0.3, -0.25) is 4.40 Å². The van der Waals surface area contributed by atoms with E-state index in [1.807, 2.05) is 22.7 Å². The smallest absolute Gasteiger partial charge is 0.306 e. The lowest BCUT2D eigenvalue weighted by molar-refractivity contribution is 0.593. The van der Waals surface area contributed by atoms with Gasteiger partial charge in [0.15, 0.2) is 0 Å². The van der Waals surface area contributed by atoms with Gasteiger partial charge in [-0.25, -0.2) is 14.4 Å². The molecule has 0 saturated heterocycles. The number of aromatic nitrogens is 4. The quantitative estimate of drug-likeness (QED) is 0.758. The maximum absolute atomic E-state index is 13.3. The van der Waals surface area contributed by atoms with Crippen molar-refractivity contribution in [2.75, 3.05) is 11.9 Å². The third kappa shape index (κ3) is 2.93. The minimum atomic E-state index is -0.214. The predicted molar refractivity (Wildman–Crippen MR) is 93.0 cm³/mol. The van der Waals surface area contributed by atoms with Gasteiger partial charge in [0.05, 0.1) is 17.1 Å². The largest absolute Gasteiger partial charge is 0.432 e. The number of imidazole rings is 1. The van der Waals surface area contributed by atoms with E-state index < -0.39 is 0 Å². The average Bonchev–Trinajstić information content (AvgIpc) is 3.22. The molecule has 1 N–H and O–H groups in total. The van der Waals surface area contributed by atoms with Gasteiger partial charge in [0.25, 0.3) is 0 Å². The van der Waals surface area contributed by atoms with Gasteiger partial charge >= 0.3 is 5.84 Å². The van der Waals surface area contributed by atoms with Crippen molar-refractivity contribution in [1.29, 1.82) is 0 Å². The standard InChI is InChI=1S/C18H18FN5O/c1-2-8-20-17-21-9-7-14(22-17)16-15(12-3-5-13(19)6-4-12)23-18-24(16)10-11-25-18/h3,5-7,9-12H,2,4,8H2,1H3,(H,20,21,22).